The summed E-state index contributed by atoms with van der Waals surface area (Å²) in [6.45, 7) is 0. The van der Waals surface area contributed by atoms with E-state index in [-0.39, 0.29) is 11.1 Å². The first-order valence-electron chi connectivity index (χ1n) is 13.7. The molecule has 0 radical (unpaired) electrons. The third-order valence-corrected chi connectivity index (χ3v) is 9.06. The number of amides is 4. The molecular weight excluding hydrogens is 654 g/mol. The zero-order chi connectivity index (χ0) is 31.9. The Bertz CT molecular complexity index is 1760. The molecule has 2 N–H and O–H groups in total. The predicted octanol–water partition coefficient (Wildman–Crippen LogP) is 8.27. The number of nitrogens with one attached hydrogen (secondary N) is 2. The number of urea groups is 1. The van der Waals surface area contributed by atoms with Gasteiger partial charge >= 0.3 is 6.03 Å². The SMILES string of the molecule is O=C1NC(=O)C2(C(=O)N1)C(c1ccc(Cl)cc1)/C(=C\c1ccc(Cl)cc1)C(=O)/C(=C/c1ccc(Cl)cc1)C2c1ccc(Cl)cc1. The molecular formula is C35H22Cl4N2O4. The van der Waals surface area contributed by atoms with Gasteiger partial charge in [0.05, 0.1) is 0 Å². The highest BCUT2D eigenvalue weighted by Gasteiger charge is 2.66. The Labute approximate surface area is 278 Å². The number of carbonyl (C=O) groups excluding carboxylic acids is 4. The van der Waals surface area contributed by atoms with E-state index >= 15 is 0 Å². The number of imide groups is 2. The molecule has 0 aromatic heterocycles. The van der Waals surface area contributed by atoms with E-state index in [1.165, 1.54) is 0 Å². The van der Waals surface area contributed by atoms with Crippen molar-refractivity contribution in [2.24, 2.45) is 5.41 Å². The normalized spacial score (nSPS) is 21.2. The van der Waals surface area contributed by atoms with Crippen LogP contribution in [0.1, 0.15) is 34.1 Å². The topological polar surface area (TPSA) is 92.3 Å². The summed E-state index contributed by atoms with van der Waals surface area (Å²) in [5.41, 5.74) is 0.421. The van der Waals surface area contributed by atoms with Crippen molar-refractivity contribution in [1.82, 2.24) is 10.6 Å². The average molecular weight is 676 g/mol. The fraction of sp³-hybridized carbons (Fsp3) is 0.0857. The fourth-order valence-corrected chi connectivity index (χ4v) is 6.63. The van der Waals surface area contributed by atoms with Crippen LogP contribution in [-0.4, -0.2) is 23.6 Å². The molecule has 1 aliphatic heterocycles. The standard InChI is InChI=1S/C35H22Cl4N2O4/c36-23-9-1-19(2-10-23)17-27-29(21-5-13-25(38)14-6-21)35(32(43)40-34(45)41-33(35)44)30(22-7-15-26(39)16-8-22)28(31(27)42)18-20-3-11-24(37)12-4-20/h1-18,29-30H,(H2,40,41,43,44,45)/b27-17+,28-18+. The van der Waals surface area contributed by atoms with Crippen LogP contribution in [0.3, 0.4) is 0 Å². The summed E-state index contributed by atoms with van der Waals surface area (Å²) in [6.07, 6.45) is 3.29. The Hall–Kier alpha value is -4.20. The third kappa shape index (κ3) is 5.71. The number of carbonyl (C=O) groups is 4. The van der Waals surface area contributed by atoms with Gasteiger partial charge in [0.15, 0.2) is 11.2 Å². The highest BCUT2D eigenvalue weighted by Crippen LogP contribution is 2.59. The fourth-order valence-electron chi connectivity index (χ4n) is 6.13. The molecule has 6 nitrogen and oxygen atoms in total. The van der Waals surface area contributed by atoms with Crippen LogP contribution in [0, 0.1) is 5.41 Å². The molecule has 4 aromatic carbocycles. The highest BCUT2D eigenvalue weighted by atomic mass is 35.5. The zero-order valence-electron chi connectivity index (χ0n) is 23.2. The van der Waals surface area contributed by atoms with Gasteiger partial charge in [-0.15, -0.1) is 0 Å². The van der Waals surface area contributed by atoms with Crippen LogP contribution in [0.4, 0.5) is 4.79 Å². The summed E-state index contributed by atoms with van der Waals surface area (Å²) in [7, 11) is 0. The zero-order valence-corrected chi connectivity index (χ0v) is 26.2. The minimum absolute atomic E-state index is 0.157. The molecule has 10 heteroatoms. The Morgan fingerprint density at radius 3 is 1.13 bits per heavy atom. The molecule has 4 amide bonds. The first-order valence-corrected chi connectivity index (χ1v) is 15.3. The lowest BCUT2D eigenvalue weighted by atomic mass is 9.51. The summed E-state index contributed by atoms with van der Waals surface area (Å²) in [5.74, 6) is -4.42. The van der Waals surface area contributed by atoms with Gasteiger partial charge in [0, 0.05) is 43.1 Å². The molecule has 0 bridgehead atoms. The summed E-state index contributed by atoms with van der Waals surface area (Å²) < 4.78 is 0. The molecule has 1 saturated carbocycles. The molecule has 2 atom stereocenters. The van der Waals surface area contributed by atoms with E-state index in [9.17, 15) is 19.2 Å². The van der Waals surface area contributed by atoms with Gasteiger partial charge in [-0.25, -0.2) is 4.79 Å². The van der Waals surface area contributed by atoms with Crippen LogP contribution in [-0.2, 0) is 14.4 Å². The van der Waals surface area contributed by atoms with Gasteiger partial charge < -0.3 is 0 Å². The lowest BCUT2D eigenvalue weighted by molar-refractivity contribution is -0.147. The van der Waals surface area contributed by atoms with E-state index in [2.05, 4.69) is 10.6 Å². The molecule has 2 aliphatic rings. The van der Waals surface area contributed by atoms with Crippen molar-refractivity contribution in [3.63, 3.8) is 0 Å². The maximum atomic E-state index is 14.9. The minimum Gasteiger partial charge on any atom is -0.289 e. The first kappa shape index (κ1) is 30.8. The van der Waals surface area contributed by atoms with Crippen LogP contribution in [0.5, 0.6) is 0 Å². The second-order valence-electron chi connectivity index (χ2n) is 10.7. The number of hydrogen-bond donors (Lipinski definition) is 2. The van der Waals surface area contributed by atoms with E-state index in [1.807, 2.05) is 0 Å². The molecule has 224 valence electrons. The molecule has 2 unspecified atom stereocenters. The summed E-state index contributed by atoms with van der Waals surface area (Å²) in [5, 5.41) is 6.48. The maximum Gasteiger partial charge on any atom is 0.328 e. The van der Waals surface area contributed by atoms with Crippen molar-refractivity contribution in [3.8, 4) is 0 Å². The Kier molecular flexibility index (Phi) is 8.42. The van der Waals surface area contributed by atoms with Gasteiger partial charge in [-0.3, -0.25) is 25.0 Å². The number of ketones is 1. The molecule has 1 aliphatic carbocycles. The third-order valence-electron chi connectivity index (χ3n) is 8.05. The van der Waals surface area contributed by atoms with Gasteiger partial charge in [0.1, 0.15) is 0 Å². The van der Waals surface area contributed by atoms with E-state index < -0.39 is 40.9 Å². The van der Waals surface area contributed by atoms with Crippen LogP contribution in [0.2, 0.25) is 20.1 Å². The molecule has 4 aromatic rings. The molecule has 45 heavy (non-hydrogen) atoms. The van der Waals surface area contributed by atoms with Gasteiger partial charge in [-0.1, -0.05) is 94.9 Å². The number of halogens is 4. The van der Waals surface area contributed by atoms with Crippen LogP contribution < -0.4 is 10.6 Å². The van der Waals surface area contributed by atoms with E-state index in [0.29, 0.717) is 42.3 Å². The molecule has 6 rings (SSSR count). The maximum absolute atomic E-state index is 14.9. The molecule has 1 spiro atoms. The van der Waals surface area contributed by atoms with E-state index in [4.69, 9.17) is 46.4 Å². The molecule has 2 fully saturated rings. The van der Waals surface area contributed by atoms with Crippen LogP contribution in [0.15, 0.2) is 108 Å². The number of barbiturate groups is 1. The Morgan fingerprint density at radius 2 is 0.800 bits per heavy atom. The lowest BCUT2D eigenvalue weighted by Gasteiger charge is -2.50. The number of rotatable bonds is 4. The van der Waals surface area contributed by atoms with Crippen molar-refractivity contribution in [1.29, 1.82) is 0 Å². The van der Waals surface area contributed by atoms with E-state index in [0.717, 1.165) is 0 Å². The monoisotopic (exact) mass is 674 g/mol. The summed E-state index contributed by atoms with van der Waals surface area (Å²) in [4.78, 5) is 56.3. The van der Waals surface area contributed by atoms with Crippen molar-refractivity contribution in [2.45, 2.75) is 11.8 Å². The summed E-state index contributed by atoms with van der Waals surface area (Å²) >= 11 is 24.8. The van der Waals surface area contributed by atoms with Gasteiger partial charge in [-0.2, -0.15) is 0 Å². The largest absolute Gasteiger partial charge is 0.328 e. The number of benzene rings is 4. The van der Waals surface area contributed by atoms with Gasteiger partial charge in [-0.05, 0) is 82.9 Å². The number of Topliss-reactive ketones (excluding diaryl/α,β-unsaturated/α-hetero) is 1. The lowest BCUT2D eigenvalue weighted by Crippen LogP contribution is -2.68. The first-order chi connectivity index (χ1) is 21.6. The number of hydrogen-bond acceptors (Lipinski definition) is 4. The quantitative estimate of drug-likeness (QED) is 0.168. The van der Waals surface area contributed by atoms with Crippen LogP contribution >= 0.6 is 46.4 Å². The molecule has 1 saturated heterocycles. The predicted molar refractivity (Wildman–Crippen MR) is 176 cm³/mol. The minimum atomic E-state index is -2.06. The average Bonchev–Trinajstić information content (AvgIpc) is 3.01. The van der Waals surface area contributed by atoms with Gasteiger partial charge in [0.2, 0.25) is 11.8 Å². The smallest absolute Gasteiger partial charge is 0.289 e. The summed E-state index contributed by atoms with van der Waals surface area (Å²) in [6, 6.07) is 25.8. The van der Waals surface area contributed by atoms with Crippen molar-refractivity contribution in [3.05, 3.63) is 151 Å². The Morgan fingerprint density at radius 1 is 0.489 bits per heavy atom. The second-order valence-corrected chi connectivity index (χ2v) is 12.5. The Balaban J connectivity index is 1.74. The van der Waals surface area contributed by atoms with Crippen molar-refractivity contribution >= 4 is 82.2 Å². The van der Waals surface area contributed by atoms with Crippen LogP contribution in [0.25, 0.3) is 12.2 Å². The van der Waals surface area contributed by atoms with Crippen molar-refractivity contribution < 1.29 is 19.2 Å². The second kappa shape index (κ2) is 12.3. The molecule has 1 heterocycles. The number of allylic oxidation sites excluding steroid dienone is 2. The van der Waals surface area contributed by atoms with E-state index in [1.54, 1.807) is 109 Å². The highest BCUT2D eigenvalue weighted by molar-refractivity contribution is 6.32. The van der Waals surface area contributed by atoms with Gasteiger partial charge in [0.25, 0.3) is 0 Å². The van der Waals surface area contributed by atoms with Crippen molar-refractivity contribution in [2.75, 3.05) is 0 Å².